The fourth-order valence-corrected chi connectivity index (χ4v) is 3.88. The summed E-state index contributed by atoms with van der Waals surface area (Å²) in [5.74, 6) is -1.03. The van der Waals surface area contributed by atoms with Gasteiger partial charge in [0.15, 0.2) is 0 Å². The van der Waals surface area contributed by atoms with E-state index in [-0.39, 0.29) is 30.5 Å². The van der Waals surface area contributed by atoms with E-state index in [2.05, 4.69) is 13.2 Å². The molecule has 0 heterocycles. The standard InChI is InChI=1S/C32H34O9/c1-3-29(33)38-21-7-20-37-25-15-17-27(18-16-25)39-30(34)19-12-24-10-13-28(14-11-24)41-32(36)23(2)22-31(35)40-26-8-5-4-6-9-26/h3,10-19,26H,1-2,4-9,20-22H2/b19-12+. The van der Waals surface area contributed by atoms with Crippen molar-refractivity contribution in [2.24, 2.45) is 0 Å². The van der Waals surface area contributed by atoms with Crippen LogP contribution in [-0.2, 0) is 28.7 Å². The summed E-state index contributed by atoms with van der Waals surface area (Å²) in [4.78, 5) is 47.6. The Hall–Kier alpha value is -4.66. The third-order valence-electron chi connectivity index (χ3n) is 6.01. The summed E-state index contributed by atoms with van der Waals surface area (Å²) < 4.78 is 26.4. The molecule has 1 aliphatic rings. The van der Waals surface area contributed by atoms with Crippen molar-refractivity contribution in [2.75, 3.05) is 13.2 Å². The lowest BCUT2D eigenvalue weighted by Crippen LogP contribution is -2.22. The minimum atomic E-state index is -0.706. The first-order valence-corrected chi connectivity index (χ1v) is 13.4. The van der Waals surface area contributed by atoms with Gasteiger partial charge < -0.3 is 23.7 Å². The molecule has 2 aromatic carbocycles. The van der Waals surface area contributed by atoms with Crippen LogP contribution in [0.25, 0.3) is 6.08 Å². The summed E-state index contributed by atoms with van der Waals surface area (Å²) >= 11 is 0. The Morgan fingerprint density at radius 3 is 2.12 bits per heavy atom. The highest BCUT2D eigenvalue weighted by atomic mass is 16.6. The molecule has 0 N–H and O–H groups in total. The lowest BCUT2D eigenvalue weighted by Gasteiger charge is -2.21. The zero-order chi connectivity index (χ0) is 29.5. The Kier molecular flexibility index (Phi) is 12.4. The van der Waals surface area contributed by atoms with E-state index >= 15 is 0 Å². The van der Waals surface area contributed by atoms with E-state index in [1.165, 1.54) is 6.08 Å². The van der Waals surface area contributed by atoms with Crippen molar-refractivity contribution in [3.05, 3.63) is 85.0 Å². The van der Waals surface area contributed by atoms with E-state index in [0.29, 0.717) is 30.1 Å². The van der Waals surface area contributed by atoms with Gasteiger partial charge in [-0.15, -0.1) is 0 Å². The van der Waals surface area contributed by atoms with Crippen LogP contribution < -0.4 is 14.2 Å². The van der Waals surface area contributed by atoms with Crippen LogP contribution in [0, 0.1) is 0 Å². The SMILES string of the molecule is C=CC(=O)OCCCOc1ccc(OC(=O)/C=C/c2ccc(OC(=O)C(=C)CC(=O)OC3CCCCC3)cc2)cc1. The van der Waals surface area contributed by atoms with Crippen LogP contribution in [0.4, 0.5) is 0 Å². The predicted molar refractivity (Wildman–Crippen MR) is 151 cm³/mol. The molecular weight excluding hydrogens is 528 g/mol. The number of ether oxygens (including phenoxy) is 5. The molecule has 0 aliphatic heterocycles. The largest absolute Gasteiger partial charge is 0.493 e. The van der Waals surface area contributed by atoms with Gasteiger partial charge in [-0.1, -0.05) is 31.7 Å². The number of rotatable bonds is 14. The average molecular weight is 563 g/mol. The first-order valence-electron chi connectivity index (χ1n) is 13.4. The number of hydrogen-bond donors (Lipinski definition) is 0. The molecule has 1 fully saturated rings. The van der Waals surface area contributed by atoms with E-state index in [1.54, 1.807) is 54.6 Å². The molecule has 0 aromatic heterocycles. The van der Waals surface area contributed by atoms with Gasteiger partial charge in [0.05, 0.1) is 19.6 Å². The monoisotopic (exact) mass is 562 g/mol. The zero-order valence-electron chi connectivity index (χ0n) is 22.9. The Morgan fingerprint density at radius 1 is 0.805 bits per heavy atom. The van der Waals surface area contributed by atoms with Crippen LogP contribution >= 0.6 is 0 Å². The highest BCUT2D eigenvalue weighted by Gasteiger charge is 2.20. The minimum absolute atomic E-state index is 0.0173. The molecule has 216 valence electrons. The molecule has 1 aliphatic carbocycles. The van der Waals surface area contributed by atoms with Gasteiger partial charge in [0.2, 0.25) is 0 Å². The summed E-state index contributed by atoms with van der Waals surface area (Å²) in [5, 5.41) is 0. The Morgan fingerprint density at radius 2 is 1.44 bits per heavy atom. The molecule has 0 spiro atoms. The van der Waals surface area contributed by atoms with Crippen molar-refractivity contribution >= 4 is 30.0 Å². The van der Waals surface area contributed by atoms with Gasteiger partial charge >= 0.3 is 23.9 Å². The van der Waals surface area contributed by atoms with Crippen LogP contribution in [0.2, 0.25) is 0 Å². The quantitative estimate of drug-likeness (QED) is 0.127. The second kappa shape index (κ2) is 16.4. The van der Waals surface area contributed by atoms with Gasteiger partial charge in [0.25, 0.3) is 0 Å². The number of hydrogen-bond acceptors (Lipinski definition) is 9. The second-order valence-electron chi connectivity index (χ2n) is 9.29. The van der Waals surface area contributed by atoms with Crippen LogP contribution in [-0.4, -0.2) is 43.2 Å². The normalized spacial score (nSPS) is 13.2. The molecule has 3 rings (SSSR count). The molecule has 0 radical (unpaired) electrons. The molecular formula is C32H34O9. The van der Waals surface area contributed by atoms with Crippen molar-refractivity contribution in [3.8, 4) is 17.2 Å². The third-order valence-corrected chi connectivity index (χ3v) is 6.01. The molecule has 0 atom stereocenters. The summed E-state index contributed by atoms with van der Waals surface area (Å²) in [6.45, 7) is 7.56. The number of carbonyl (C=O) groups is 4. The van der Waals surface area contributed by atoms with E-state index < -0.39 is 23.9 Å². The van der Waals surface area contributed by atoms with Crippen molar-refractivity contribution in [2.45, 2.75) is 51.0 Å². The summed E-state index contributed by atoms with van der Waals surface area (Å²) in [5.41, 5.74) is 0.697. The fraction of sp³-hybridized carbons (Fsp3) is 0.312. The molecule has 0 unspecified atom stereocenters. The first kappa shape index (κ1) is 30.9. The fourth-order valence-electron chi connectivity index (χ4n) is 3.88. The maximum atomic E-state index is 12.3. The van der Waals surface area contributed by atoms with E-state index in [0.717, 1.165) is 38.2 Å². The summed E-state index contributed by atoms with van der Waals surface area (Å²) in [6, 6.07) is 13.0. The molecule has 0 saturated heterocycles. The predicted octanol–water partition coefficient (Wildman–Crippen LogP) is 5.53. The van der Waals surface area contributed by atoms with Gasteiger partial charge in [0, 0.05) is 24.1 Å². The minimum Gasteiger partial charge on any atom is -0.493 e. The lowest BCUT2D eigenvalue weighted by molar-refractivity contribution is -0.150. The van der Waals surface area contributed by atoms with Gasteiger partial charge in [-0.2, -0.15) is 0 Å². The molecule has 41 heavy (non-hydrogen) atoms. The molecule has 2 aromatic rings. The van der Waals surface area contributed by atoms with Crippen LogP contribution in [0.1, 0.15) is 50.5 Å². The smallest absolute Gasteiger partial charge is 0.339 e. The second-order valence-corrected chi connectivity index (χ2v) is 9.29. The van der Waals surface area contributed by atoms with Crippen LogP contribution in [0.5, 0.6) is 17.2 Å². The number of esters is 4. The highest BCUT2D eigenvalue weighted by Crippen LogP contribution is 2.22. The molecule has 9 heteroatoms. The van der Waals surface area contributed by atoms with E-state index in [9.17, 15) is 19.2 Å². The molecule has 9 nitrogen and oxygen atoms in total. The molecule has 1 saturated carbocycles. The van der Waals surface area contributed by atoms with Gasteiger partial charge in [-0.25, -0.2) is 14.4 Å². The van der Waals surface area contributed by atoms with Crippen molar-refractivity contribution in [1.82, 2.24) is 0 Å². The summed E-state index contributed by atoms with van der Waals surface area (Å²) in [6.07, 6.45) is 9.09. The Labute approximate surface area is 239 Å². The maximum Gasteiger partial charge on any atom is 0.339 e. The van der Waals surface area contributed by atoms with E-state index in [4.69, 9.17) is 23.7 Å². The third kappa shape index (κ3) is 11.5. The van der Waals surface area contributed by atoms with Gasteiger partial charge in [0.1, 0.15) is 23.4 Å². The Balaban J connectivity index is 1.37. The molecule has 0 bridgehead atoms. The average Bonchev–Trinajstić information content (AvgIpc) is 2.97. The van der Waals surface area contributed by atoms with Crippen molar-refractivity contribution < 1.29 is 42.9 Å². The number of benzene rings is 2. The first-order chi connectivity index (χ1) is 19.8. The zero-order valence-corrected chi connectivity index (χ0v) is 22.9. The maximum absolute atomic E-state index is 12.3. The van der Waals surface area contributed by atoms with E-state index in [1.807, 2.05) is 0 Å². The molecule has 0 amide bonds. The topological polar surface area (TPSA) is 114 Å². The highest BCUT2D eigenvalue weighted by molar-refractivity contribution is 5.94. The van der Waals surface area contributed by atoms with Gasteiger partial charge in [-0.05, 0) is 73.7 Å². The lowest BCUT2D eigenvalue weighted by atomic mass is 9.98. The number of carbonyl (C=O) groups excluding carboxylic acids is 4. The Bertz CT molecular complexity index is 1240. The van der Waals surface area contributed by atoms with Crippen molar-refractivity contribution in [1.29, 1.82) is 0 Å². The van der Waals surface area contributed by atoms with Crippen LogP contribution in [0.15, 0.2) is 79.4 Å². The summed E-state index contributed by atoms with van der Waals surface area (Å²) in [7, 11) is 0. The van der Waals surface area contributed by atoms with Crippen molar-refractivity contribution in [3.63, 3.8) is 0 Å². The van der Waals surface area contributed by atoms with Gasteiger partial charge in [-0.3, -0.25) is 4.79 Å². The van der Waals surface area contributed by atoms with Crippen LogP contribution in [0.3, 0.4) is 0 Å².